The Hall–Kier alpha value is -2.23. The predicted molar refractivity (Wildman–Crippen MR) is 92.1 cm³/mol. The molecular weight excluding hydrogens is 344 g/mol. The molecule has 0 spiro atoms. The summed E-state index contributed by atoms with van der Waals surface area (Å²) >= 11 is 0. The van der Waals surface area contributed by atoms with Crippen molar-refractivity contribution in [3.8, 4) is 0 Å². The second-order valence-corrected chi connectivity index (χ2v) is 7.60. The molecule has 1 atom stereocenters. The number of sulfonamides is 1. The Bertz CT molecular complexity index is 788. The minimum absolute atomic E-state index is 0.0560. The Balaban J connectivity index is 1.94. The molecule has 9 heteroatoms. The van der Waals surface area contributed by atoms with Crippen LogP contribution in [-0.4, -0.2) is 49.3 Å². The number of amides is 1. The van der Waals surface area contributed by atoms with Crippen LogP contribution in [0.15, 0.2) is 47.6 Å². The number of hydrogen-bond donors (Lipinski definition) is 1. The lowest BCUT2D eigenvalue weighted by Crippen LogP contribution is -2.30. The third kappa shape index (κ3) is 4.88. The molecule has 0 saturated carbocycles. The topological polar surface area (TPSA) is 93.5 Å². The fourth-order valence-electron chi connectivity index (χ4n) is 2.19. The maximum Gasteiger partial charge on any atom is 0.264 e. The smallest absolute Gasteiger partial charge is 0.264 e. The molecule has 0 aliphatic carbocycles. The van der Waals surface area contributed by atoms with Gasteiger partial charge in [-0.25, -0.2) is 8.42 Å². The number of hydroxylamine groups is 1. The number of aromatic nitrogens is 2. The van der Waals surface area contributed by atoms with Crippen molar-refractivity contribution < 1.29 is 18.0 Å². The normalized spacial score (nSPS) is 13.0. The third-order valence-electron chi connectivity index (χ3n) is 3.68. The average molecular weight is 366 g/mol. The Labute approximate surface area is 147 Å². The summed E-state index contributed by atoms with van der Waals surface area (Å²) in [7, 11) is -1.15. The molecule has 1 N–H and O–H groups in total. The zero-order valence-electron chi connectivity index (χ0n) is 14.4. The van der Waals surface area contributed by atoms with Crippen molar-refractivity contribution in [3.05, 3.63) is 48.3 Å². The highest BCUT2D eigenvalue weighted by Gasteiger charge is 2.21. The van der Waals surface area contributed by atoms with Crippen LogP contribution in [-0.2, 0) is 21.4 Å². The van der Waals surface area contributed by atoms with Gasteiger partial charge in [0.05, 0.1) is 12.0 Å². The molecule has 1 heterocycles. The Morgan fingerprint density at radius 3 is 2.60 bits per heavy atom. The number of nitrogens with zero attached hydrogens (tertiary/aromatic N) is 3. The molecule has 1 unspecified atom stereocenters. The minimum Gasteiger partial charge on any atom is -0.352 e. The second-order valence-electron chi connectivity index (χ2n) is 5.67. The van der Waals surface area contributed by atoms with Gasteiger partial charge in [-0.3, -0.25) is 14.3 Å². The van der Waals surface area contributed by atoms with Gasteiger partial charge < -0.3 is 5.32 Å². The maximum absolute atomic E-state index is 12.2. The van der Waals surface area contributed by atoms with E-state index in [1.807, 2.05) is 23.9 Å². The van der Waals surface area contributed by atoms with E-state index in [1.165, 1.54) is 38.4 Å². The molecule has 136 valence electrons. The molecule has 2 aromatic rings. The van der Waals surface area contributed by atoms with Crippen LogP contribution in [0.25, 0.3) is 0 Å². The summed E-state index contributed by atoms with van der Waals surface area (Å²) in [6.45, 7) is 3.21. The summed E-state index contributed by atoms with van der Waals surface area (Å²) in [4.78, 5) is 17.0. The van der Waals surface area contributed by atoms with Crippen molar-refractivity contribution in [2.24, 2.45) is 5.92 Å². The number of nitrogens with one attached hydrogen (secondary N) is 1. The average Bonchev–Trinajstić information content (AvgIpc) is 3.11. The van der Waals surface area contributed by atoms with Gasteiger partial charge in [-0.15, -0.1) is 0 Å². The number of rotatable bonds is 8. The highest BCUT2D eigenvalue weighted by molar-refractivity contribution is 7.89. The van der Waals surface area contributed by atoms with E-state index < -0.39 is 10.0 Å². The van der Waals surface area contributed by atoms with Gasteiger partial charge in [0.2, 0.25) is 0 Å². The second kappa shape index (κ2) is 8.24. The van der Waals surface area contributed by atoms with E-state index in [1.54, 1.807) is 6.20 Å². The molecule has 0 aliphatic rings. The van der Waals surface area contributed by atoms with Gasteiger partial charge >= 0.3 is 0 Å². The summed E-state index contributed by atoms with van der Waals surface area (Å²) in [6, 6.07) is 7.57. The minimum atomic E-state index is -3.72. The molecule has 2 rings (SSSR count). The molecule has 0 radical (unpaired) electrons. The van der Waals surface area contributed by atoms with Gasteiger partial charge in [-0.2, -0.15) is 5.10 Å². The van der Waals surface area contributed by atoms with Crippen LogP contribution in [0.1, 0.15) is 17.3 Å². The van der Waals surface area contributed by atoms with E-state index >= 15 is 0 Å². The lowest BCUT2D eigenvalue weighted by Gasteiger charge is -2.15. The Morgan fingerprint density at radius 1 is 1.36 bits per heavy atom. The number of hydrogen-bond acceptors (Lipinski definition) is 5. The van der Waals surface area contributed by atoms with E-state index in [2.05, 4.69) is 10.4 Å². The van der Waals surface area contributed by atoms with E-state index in [0.717, 1.165) is 4.47 Å². The lowest BCUT2D eigenvalue weighted by atomic mass is 10.1. The van der Waals surface area contributed by atoms with Gasteiger partial charge in [0, 0.05) is 38.1 Å². The van der Waals surface area contributed by atoms with E-state index in [0.29, 0.717) is 18.7 Å². The van der Waals surface area contributed by atoms with Crippen LogP contribution in [0.5, 0.6) is 0 Å². The van der Waals surface area contributed by atoms with Crippen molar-refractivity contribution in [3.63, 3.8) is 0 Å². The molecule has 8 nitrogen and oxygen atoms in total. The summed E-state index contributed by atoms with van der Waals surface area (Å²) in [5.74, 6) is -0.0461. The van der Waals surface area contributed by atoms with Crippen LogP contribution < -0.4 is 5.32 Å². The van der Waals surface area contributed by atoms with Gasteiger partial charge in [-0.05, 0) is 36.2 Å². The molecule has 0 fully saturated rings. The van der Waals surface area contributed by atoms with Crippen molar-refractivity contribution in [2.45, 2.75) is 18.4 Å². The quantitative estimate of drug-likeness (QED) is 0.707. The molecular formula is C16H22N4O4S. The van der Waals surface area contributed by atoms with Crippen LogP contribution >= 0.6 is 0 Å². The Morgan fingerprint density at radius 2 is 2.04 bits per heavy atom. The van der Waals surface area contributed by atoms with E-state index in [4.69, 9.17) is 4.84 Å². The molecule has 0 saturated heterocycles. The van der Waals surface area contributed by atoms with E-state index in [-0.39, 0.29) is 16.7 Å². The molecule has 25 heavy (non-hydrogen) atoms. The summed E-state index contributed by atoms with van der Waals surface area (Å²) in [5, 5.41) is 6.97. The molecule has 1 aromatic carbocycles. The zero-order valence-corrected chi connectivity index (χ0v) is 15.2. The first kappa shape index (κ1) is 19.1. The van der Waals surface area contributed by atoms with Gasteiger partial charge in [-0.1, -0.05) is 11.4 Å². The molecule has 1 aromatic heterocycles. The summed E-state index contributed by atoms with van der Waals surface area (Å²) < 4.78 is 26.8. The third-order valence-corrected chi connectivity index (χ3v) is 5.37. The van der Waals surface area contributed by atoms with E-state index in [9.17, 15) is 13.2 Å². The Kier molecular flexibility index (Phi) is 6.29. The maximum atomic E-state index is 12.2. The van der Waals surface area contributed by atoms with Crippen LogP contribution in [0.4, 0.5) is 0 Å². The highest BCUT2D eigenvalue weighted by Crippen LogP contribution is 2.15. The summed E-state index contributed by atoms with van der Waals surface area (Å²) in [5.41, 5.74) is 0.394. The zero-order chi connectivity index (χ0) is 18.4. The largest absolute Gasteiger partial charge is 0.352 e. The number of carbonyl (C=O) groups excluding carboxylic acids is 1. The molecule has 1 amide bonds. The first-order valence-corrected chi connectivity index (χ1v) is 9.17. The van der Waals surface area contributed by atoms with Crippen LogP contribution in [0.3, 0.4) is 0 Å². The fraction of sp³-hybridized carbons (Fsp3) is 0.375. The van der Waals surface area contributed by atoms with Crippen molar-refractivity contribution in [1.82, 2.24) is 19.6 Å². The number of benzene rings is 1. The standard InChI is InChI=1S/C16H22N4O4S/c1-13(12-20-10-4-9-18-20)11-17-16(21)14-5-7-15(8-6-14)25(22,23)19(2)24-3/h4-10,13H,11-12H2,1-3H3,(H,17,21). The van der Waals surface area contributed by atoms with Crippen molar-refractivity contribution >= 4 is 15.9 Å². The van der Waals surface area contributed by atoms with Crippen molar-refractivity contribution in [2.75, 3.05) is 20.7 Å². The SMILES string of the molecule is CON(C)S(=O)(=O)c1ccc(C(=O)NCC(C)Cn2cccn2)cc1. The van der Waals surface area contributed by atoms with Crippen LogP contribution in [0, 0.1) is 5.92 Å². The molecule has 0 aliphatic heterocycles. The number of carbonyl (C=O) groups is 1. The first-order valence-electron chi connectivity index (χ1n) is 7.73. The molecule has 0 bridgehead atoms. The summed E-state index contributed by atoms with van der Waals surface area (Å²) in [6.07, 6.45) is 3.58. The van der Waals surface area contributed by atoms with Crippen LogP contribution in [0.2, 0.25) is 0 Å². The predicted octanol–water partition coefficient (Wildman–Crippen LogP) is 1.13. The van der Waals surface area contributed by atoms with Crippen molar-refractivity contribution in [1.29, 1.82) is 0 Å². The van der Waals surface area contributed by atoms with Gasteiger partial charge in [0.15, 0.2) is 0 Å². The monoisotopic (exact) mass is 366 g/mol. The highest BCUT2D eigenvalue weighted by atomic mass is 32.2. The first-order chi connectivity index (χ1) is 11.8. The lowest BCUT2D eigenvalue weighted by molar-refractivity contribution is -0.0258. The fourth-order valence-corrected chi connectivity index (χ4v) is 3.16. The van der Waals surface area contributed by atoms with Gasteiger partial charge in [0.25, 0.3) is 15.9 Å². The van der Waals surface area contributed by atoms with Gasteiger partial charge in [0.1, 0.15) is 0 Å².